The van der Waals surface area contributed by atoms with E-state index in [-0.39, 0.29) is 24.0 Å². The summed E-state index contributed by atoms with van der Waals surface area (Å²) in [5.41, 5.74) is 2.24. The second kappa shape index (κ2) is 5.66. The number of anilines is 1. The van der Waals surface area contributed by atoms with E-state index in [9.17, 15) is 14.9 Å². The topological polar surface area (TPSA) is 94.2 Å². The van der Waals surface area contributed by atoms with Gasteiger partial charge >= 0.3 is 0 Å². The molecular formula is C17H15N5O3. The number of hydrogen-bond acceptors (Lipinski definition) is 6. The van der Waals surface area contributed by atoms with Gasteiger partial charge in [0.1, 0.15) is 12.2 Å². The van der Waals surface area contributed by atoms with Crippen molar-refractivity contribution in [1.82, 2.24) is 15.0 Å². The van der Waals surface area contributed by atoms with Crippen LogP contribution in [0, 0.1) is 10.1 Å². The maximum Gasteiger partial charge on any atom is 0.279 e. The predicted octanol–water partition coefficient (Wildman–Crippen LogP) is 2.11. The van der Waals surface area contributed by atoms with Crippen molar-refractivity contribution in [2.75, 3.05) is 4.90 Å². The molecule has 0 aliphatic carbocycles. The zero-order valence-electron chi connectivity index (χ0n) is 13.5. The van der Waals surface area contributed by atoms with E-state index in [1.165, 1.54) is 10.7 Å². The summed E-state index contributed by atoms with van der Waals surface area (Å²) in [6.07, 6.45) is 0.687. The van der Waals surface area contributed by atoms with Crippen molar-refractivity contribution in [3.63, 3.8) is 0 Å². The average molecular weight is 337 g/mol. The highest BCUT2D eigenvalue weighted by Gasteiger charge is 2.28. The Morgan fingerprint density at radius 2 is 2.08 bits per heavy atom. The molecule has 0 bridgehead atoms. The van der Waals surface area contributed by atoms with Crippen molar-refractivity contribution in [3.8, 4) is 0 Å². The van der Waals surface area contributed by atoms with Gasteiger partial charge in [-0.05, 0) is 37.1 Å². The summed E-state index contributed by atoms with van der Waals surface area (Å²) < 4.78 is 1.33. The van der Waals surface area contributed by atoms with Crippen LogP contribution < -0.4 is 10.5 Å². The van der Waals surface area contributed by atoms with Gasteiger partial charge in [0.05, 0.1) is 10.3 Å². The molecule has 1 aliphatic heterocycles. The van der Waals surface area contributed by atoms with Crippen molar-refractivity contribution in [3.05, 3.63) is 68.5 Å². The van der Waals surface area contributed by atoms with Crippen LogP contribution in [0.25, 0.3) is 10.9 Å². The molecule has 2 aromatic carbocycles. The smallest absolute Gasteiger partial charge is 0.279 e. The highest BCUT2D eigenvalue weighted by molar-refractivity contribution is 5.76. The summed E-state index contributed by atoms with van der Waals surface area (Å²) in [6, 6.07) is 12.0. The Bertz CT molecular complexity index is 1050. The summed E-state index contributed by atoms with van der Waals surface area (Å²) in [4.78, 5) is 25.2. The number of benzene rings is 2. The van der Waals surface area contributed by atoms with Crippen LogP contribution in [0.15, 0.2) is 47.3 Å². The molecule has 0 amide bonds. The summed E-state index contributed by atoms with van der Waals surface area (Å²) >= 11 is 0. The number of rotatable bonds is 3. The number of hydrogen-bond donors (Lipinski definition) is 0. The third-order valence-electron chi connectivity index (χ3n) is 4.55. The van der Waals surface area contributed by atoms with Gasteiger partial charge in [0.25, 0.3) is 11.2 Å². The van der Waals surface area contributed by atoms with E-state index in [0.717, 1.165) is 11.3 Å². The van der Waals surface area contributed by atoms with E-state index in [2.05, 4.69) is 10.3 Å². The fraction of sp³-hybridized carbons (Fsp3) is 0.235. The van der Waals surface area contributed by atoms with Crippen LogP contribution >= 0.6 is 0 Å². The molecule has 1 aromatic heterocycles. The first-order valence-corrected chi connectivity index (χ1v) is 7.91. The quantitative estimate of drug-likeness (QED) is 0.537. The lowest BCUT2D eigenvalue weighted by Crippen LogP contribution is -2.37. The van der Waals surface area contributed by atoms with Crippen LogP contribution in [0.4, 0.5) is 11.4 Å². The van der Waals surface area contributed by atoms with Crippen molar-refractivity contribution in [2.24, 2.45) is 0 Å². The molecule has 3 aromatic rings. The van der Waals surface area contributed by atoms with Crippen molar-refractivity contribution < 1.29 is 4.92 Å². The van der Waals surface area contributed by atoms with Crippen LogP contribution in [0.2, 0.25) is 0 Å². The van der Waals surface area contributed by atoms with Gasteiger partial charge in [0.15, 0.2) is 0 Å². The zero-order chi connectivity index (χ0) is 17.6. The minimum Gasteiger partial charge on any atom is -0.349 e. The number of nitro benzene ring substituents is 1. The van der Waals surface area contributed by atoms with Crippen LogP contribution in [0.5, 0.6) is 0 Å². The van der Waals surface area contributed by atoms with Gasteiger partial charge in [0.2, 0.25) is 0 Å². The molecule has 0 fully saturated rings. The fourth-order valence-electron chi connectivity index (χ4n) is 3.27. The third-order valence-corrected chi connectivity index (χ3v) is 4.55. The lowest BCUT2D eigenvalue weighted by molar-refractivity contribution is -0.384. The minimum atomic E-state index is -0.396. The van der Waals surface area contributed by atoms with Gasteiger partial charge in [-0.1, -0.05) is 17.3 Å². The minimum absolute atomic E-state index is 0.0791. The Balaban J connectivity index is 1.72. The maximum atomic E-state index is 12.6. The Morgan fingerprint density at radius 1 is 1.28 bits per heavy atom. The highest BCUT2D eigenvalue weighted by atomic mass is 16.6. The van der Waals surface area contributed by atoms with Gasteiger partial charge in [-0.3, -0.25) is 14.9 Å². The Labute approximate surface area is 142 Å². The van der Waals surface area contributed by atoms with Crippen molar-refractivity contribution in [2.45, 2.75) is 26.1 Å². The van der Waals surface area contributed by atoms with E-state index in [4.69, 9.17) is 0 Å². The van der Waals surface area contributed by atoms with Gasteiger partial charge in [-0.2, -0.15) is 4.68 Å². The van der Waals surface area contributed by atoms with Crippen LogP contribution in [0.1, 0.15) is 12.5 Å². The molecule has 8 nitrogen and oxygen atoms in total. The molecule has 0 saturated heterocycles. The molecule has 0 unspecified atom stereocenters. The normalized spacial score (nSPS) is 16.2. The molecule has 0 radical (unpaired) electrons. The van der Waals surface area contributed by atoms with Crippen LogP contribution in [0.3, 0.4) is 0 Å². The lowest BCUT2D eigenvalue weighted by atomic mass is 10.1. The standard InChI is InChI=1S/C17H15N5O3/c1-11-8-12-9-13(22(24)25)6-7-16(12)20(11)10-21-17(23)14-4-2-3-5-15(14)18-19-21/h2-7,9,11H,8,10H2,1H3/t11-/m1/s1. The maximum absolute atomic E-state index is 12.6. The second-order valence-corrected chi connectivity index (χ2v) is 6.15. The number of aromatic nitrogens is 3. The molecule has 2 heterocycles. The fourth-order valence-corrected chi connectivity index (χ4v) is 3.27. The van der Waals surface area contributed by atoms with Gasteiger partial charge in [-0.25, -0.2) is 0 Å². The number of fused-ring (bicyclic) bond motifs is 2. The Morgan fingerprint density at radius 3 is 2.88 bits per heavy atom. The number of nitro groups is 1. The first-order valence-electron chi connectivity index (χ1n) is 7.91. The average Bonchev–Trinajstić information content (AvgIpc) is 2.92. The molecule has 0 N–H and O–H groups in total. The first kappa shape index (κ1) is 15.3. The largest absolute Gasteiger partial charge is 0.349 e. The highest BCUT2D eigenvalue weighted by Crippen LogP contribution is 2.34. The van der Waals surface area contributed by atoms with Gasteiger partial charge in [-0.15, -0.1) is 5.10 Å². The van der Waals surface area contributed by atoms with E-state index < -0.39 is 4.92 Å². The first-order chi connectivity index (χ1) is 12.0. The van der Waals surface area contributed by atoms with Crippen LogP contribution in [-0.4, -0.2) is 26.0 Å². The summed E-state index contributed by atoms with van der Waals surface area (Å²) in [7, 11) is 0. The van der Waals surface area contributed by atoms with E-state index in [1.807, 2.05) is 17.9 Å². The lowest BCUT2D eigenvalue weighted by Gasteiger charge is -2.24. The van der Waals surface area contributed by atoms with Gasteiger partial charge in [0, 0.05) is 23.9 Å². The Kier molecular flexibility index (Phi) is 3.45. The SMILES string of the molecule is C[C@@H]1Cc2cc([N+](=O)[O-])ccc2N1Cn1nnc2ccccc2c1=O. The number of non-ortho nitro benzene ring substituents is 1. The summed E-state index contributed by atoms with van der Waals surface area (Å²) in [5.74, 6) is 0. The van der Waals surface area contributed by atoms with Gasteiger partial charge < -0.3 is 4.90 Å². The molecule has 1 atom stereocenters. The third kappa shape index (κ3) is 2.51. The molecule has 4 rings (SSSR count). The molecule has 0 saturated carbocycles. The molecule has 1 aliphatic rings. The zero-order valence-corrected chi connectivity index (χ0v) is 13.5. The van der Waals surface area contributed by atoms with Crippen molar-refractivity contribution in [1.29, 1.82) is 0 Å². The number of nitrogens with zero attached hydrogens (tertiary/aromatic N) is 5. The van der Waals surface area contributed by atoms with E-state index in [0.29, 0.717) is 17.3 Å². The summed E-state index contributed by atoms with van der Waals surface area (Å²) in [5, 5.41) is 19.6. The molecular weight excluding hydrogens is 322 g/mol. The molecule has 126 valence electrons. The molecule has 0 spiro atoms. The monoisotopic (exact) mass is 337 g/mol. The van der Waals surface area contributed by atoms with E-state index in [1.54, 1.807) is 30.3 Å². The molecule has 25 heavy (non-hydrogen) atoms. The summed E-state index contributed by atoms with van der Waals surface area (Å²) in [6.45, 7) is 2.27. The predicted molar refractivity (Wildman–Crippen MR) is 92.5 cm³/mol. The van der Waals surface area contributed by atoms with Crippen molar-refractivity contribution >= 4 is 22.3 Å². The molecule has 8 heteroatoms. The van der Waals surface area contributed by atoms with Crippen LogP contribution in [-0.2, 0) is 13.1 Å². The van der Waals surface area contributed by atoms with E-state index >= 15 is 0 Å². The Hall–Kier alpha value is -3.29. The second-order valence-electron chi connectivity index (χ2n) is 6.15.